The third-order valence-electron chi connectivity index (χ3n) is 6.90. The van der Waals surface area contributed by atoms with E-state index in [4.69, 9.17) is 11.6 Å². The lowest BCUT2D eigenvalue weighted by molar-refractivity contribution is -0.134. The largest absolute Gasteiger partial charge is 0.427 e. The number of hydrogen-bond acceptors (Lipinski definition) is 6. The maximum absolute atomic E-state index is 13.5. The number of benzene rings is 1. The number of aromatic nitrogens is 3. The van der Waals surface area contributed by atoms with Crippen LogP contribution < -0.4 is 15.5 Å². The van der Waals surface area contributed by atoms with Gasteiger partial charge in [-0.15, -0.1) is 0 Å². The van der Waals surface area contributed by atoms with Gasteiger partial charge in [0.25, 0.3) is 5.91 Å². The summed E-state index contributed by atoms with van der Waals surface area (Å²) in [6.07, 6.45) is -1.97. The highest BCUT2D eigenvalue weighted by molar-refractivity contribution is 7.15. The molecule has 3 aromatic rings. The number of carbonyl (C=O) groups excluding carboxylic acids is 1. The highest BCUT2D eigenvalue weighted by Crippen LogP contribution is 2.49. The smallest absolute Gasteiger partial charge is 0.373 e. The third kappa shape index (κ3) is 4.52. The minimum Gasteiger partial charge on any atom is -0.373 e. The summed E-state index contributed by atoms with van der Waals surface area (Å²) in [6.45, 7) is 1.24. The monoisotopic (exact) mass is 542 g/mol. The molecule has 192 valence electrons. The molecular formula is C23H23ClF4N6OS. The van der Waals surface area contributed by atoms with Crippen LogP contribution >= 0.6 is 22.9 Å². The van der Waals surface area contributed by atoms with Crippen LogP contribution in [0.3, 0.4) is 0 Å². The molecule has 2 unspecified atom stereocenters. The number of nitrogens with zero attached hydrogens (tertiary/aromatic N) is 4. The molecular weight excluding hydrogens is 520 g/mol. The number of alkyl halides is 3. The quantitative estimate of drug-likeness (QED) is 0.410. The second-order valence-corrected chi connectivity index (χ2v) is 10.6. The molecule has 0 spiro atoms. The van der Waals surface area contributed by atoms with E-state index in [1.807, 2.05) is 4.90 Å². The number of amides is 1. The van der Waals surface area contributed by atoms with Gasteiger partial charge in [-0.05, 0) is 42.9 Å². The van der Waals surface area contributed by atoms with Crippen LogP contribution in [0.15, 0.2) is 24.4 Å². The summed E-state index contributed by atoms with van der Waals surface area (Å²) in [5, 5.41) is 10.8. The molecule has 1 amide bonds. The molecule has 36 heavy (non-hydrogen) atoms. The van der Waals surface area contributed by atoms with Gasteiger partial charge < -0.3 is 15.5 Å². The Morgan fingerprint density at radius 3 is 2.50 bits per heavy atom. The number of carbonyl (C=O) groups is 1. The molecule has 3 heterocycles. The Hall–Kier alpha value is -2.86. The van der Waals surface area contributed by atoms with E-state index in [9.17, 15) is 22.4 Å². The molecule has 1 aliphatic heterocycles. The lowest BCUT2D eigenvalue weighted by Gasteiger charge is -2.18. The third-order valence-corrected chi connectivity index (χ3v) is 8.29. The van der Waals surface area contributed by atoms with E-state index in [2.05, 4.69) is 20.7 Å². The van der Waals surface area contributed by atoms with Gasteiger partial charge in [0.05, 0.1) is 16.9 Å². The van der Waals surface area contributed by atoms with Gasteiger partial charge in [0, 0.05) is 38.8 Å². The minimum absolute atomic E-state index is 0.0232. The van der Waals surface area contributed by atoms with Gasteiger partial charge in [0.1, 0.15) is 22.1 Å². The first-order valence-electron chi connectivity index (χ1n) is 11.3. The van der Waals surface area contributed by atoms with Crippen molar-refractivity contribution < 1.29 is 22.4 Å². The van der Waals surface area contributed by atoms with Gasteiger partial charge in [-0.2, -0.15) is 18.3 Å². The summed E-state index contributed by atoms with van der Waals surface area (Å²) >= 11 is 6.53. The zero-order valence-corrected chi connectivity index (χ0v) is 20.9. The number of nitrogens with one attached hydrogen (secondary N) is 2. The van der Waals surface area contributed by atoms with Gasteiger partial charge in [0.2, 0.25) is 0 Å². The van der Waals surface area contributed by atoms with Crippen LogP contribution in [-0.4, -0.2) is 40.8 Å². The normalized spacial score (nSPS) is 21.6. The first-order valence-corrected chi connectivity index (χ1v) is 12.5. The Morgan fingerprint density at radius 1 is 1.22 bits per heavy atom. The Kier molecular flexibility index (Phi) is 6.36. The van der Waals surface area contributed by atoms with Crippen LogP contribution in [0.5, 0.6) is 0 Å². The van der Waals surface area contributed by atoms with Crippen molar-refractivity contribution in [2.75, 3.05) is 35.7 Å². The summed E-state index contributed by atoms with van der Waals surface area (Å²) in [4.78, 5) is 18.5. The second-order valence-electron chi connectivity index (χ2n) is 9.16. The van der Waals surface area contributed by atoms with E-state index in [0.29, 0.717) is 52.3 Å². The van der Waals surface area contributed by atoms with E-state index < -0.39 is 16.9 Å². The maximum atomic E-state index is 13.5. The molecule has 7 nitrogen and oxygen atoms in total. The van der Waals surface area contributed by atoms with Crippen LogP contribution in [0.1, 0.15) is 39.7 Å². The molecule has 0 radical (unpaired) electrons. The summed E-state index contributed by atoms with van der Waals surface area (Å²) in [5.74, 6) is 0.143. The Labute approximate surface area is 213 Å². The molecule has 1 saturated heterocycles. The maximum Gasteiger partial charge on any atom is 0.427 e. The summed E-state index contributed by atoms with van der Waals surface area (Å²) in [7, 11) is 3.45. The van der Waals surface area contributed by atoms with Crippen LogP contribution in [0.25, 0.3) is 0 Å². The fourth-order valence-corrected chi connectivity index (χ4v) is 6.31. The van der Waals surface area contributed by atoms with Crippen molar-refractivity contribution in [2.24, 2.45) is 18.9 Å². The van der Waals surface area contributed by atoms with Gasteiger partial charge in [-0.1, -0.05) is 22.9 Å². The predicted octanol–water partition coefficient (Wildman–Crippen LogP) is 5.61. The first-order chi connectivity index (χ1) is 17.0. The fraction of sp³-hybridized carbons (Fsp3) is 0.435. The molecule has 0 bridgehead atoms. The molecule has 2 aliphatic rings. The zero-order valence-electron chi connectivity index (χ0n) is 19.4. The molecule has 2 aromatic heterocycles. The molecule has 2 N–H and O–H groups in total. The first kappa shape index (κ1) is 24.8. The molecule has 2 fully saturated rings. The lowest BCUT2D eigenvalue weighted by atomic mass is 9.97. The summed E-state index contributed by atoms with van der Waals surface area (Å²) < 4.78 is 54.1. The minimum atomic E-state index is -4.39. The number of fused-ring (bicyclic) bond motifs is 1. The van der Waals surface area contributed by atoms with Crippen molar-refractivity contribution in [3.05, 3.63) is 51.4 Å². The number of aryl methyl sites for hydroxylation is 1. The number of anilines is 3. The zero-order chi connectivity index (χ0) is 25.8. The van der Waals surface area contributed by atoms with E-state index in [1.54, 1.807) is 18.8 Å². The SMILES string of the molecule is CNc1c(C(=O)Nc2ccc(F)c(Cl)c2)c(C2CC3CN(c4ncc(C(F)(F)F)s4)CC3C2)nn1C. The molecule has 1 aliphatic carbocycles. The Bertz CT molecular complexity index is 1290. The van der Waals surface area contributed by atoms with Crippen molar-refractivity contribution in [1.82, 2.24) is 14.8 Å². The van der Waals surface area contributed by atoms with Gasteiger partial charge in [0.15, 0.2) is 5.13 Å². The summed E-state index contributed by atoms with van der Waals surface area (Å²) in [6, 6.07) is 3.97. The van der Waals surface area contributed by atoms with Crippen LogP contribution in [0.2, 0.25) is 5.02 Å². The van der Waals surface area contributed by atoms with Crippen molar-refractivity contribution in [3.63, 3.8) is 0 Å². The number of halogens is 5. The highest BCUT2D eigenvalue weighted by atomic mass is 35.5. The number of rotatable bonds is 5. The van der Waals surface area contributed by atoms with E-state index in [0.717, 1.165) is 19.0 Å². The predicted molar refractivity (Wildman–Crippen MR) is 130 cm³/mol. The number of hydrogen-bond donors (Lipinski definition) is 2. The standard InChI is InChI=1S/C23H23ClF4N6OS/c1-29-20-18(21(35)31-14-3-4-16(25)15(24)7-14)19(32-33(20)2)11-5-12-9-34(10-13(12)6-11)22-30-8-17(36-22)23(26,27)28/h3-4,7-8,11-13,29H,5-6,9-10H2,1-2H3,(H,31,35). The topological polar surface area (TPSA) is 75.1 Å². The highest BCUT2D eigenvalue weighted by Gasteiger charge is 2.45. The lowest BCUT2D eigenvalue weighted by Crippen LogP contribution is -2.21. The van der Waals surface area contributed by atoms with Crippen LogP contribution in [0.4, 0.5) is 34.2 Å². The molecule has 13 heteroatoms. The van der Waals surface area contributed by atoms with Gasteiger partial charge >= 0.3 is 6.18 Å². The average Bonchev–Trinajstić information content (AvgIpc) is 3.56. The molecule has 5 rings (SSSR count). The average molecular weight is 543 g/mol. The van der Waals surface area contributed by atoms with E-state index >= 15 is 0 Å². The van der Waals surface area contributed by atoms with E-state index in [1.165, 1.54) is 18.2 Å². The number of thiazole rings is 1. The van der Waals surface area contributed by atoms with Gasteiger partial charge in [-0.3, -0.25) is 9.48 Å². The van der Waals surface area contributed by atoms with Crippen molar-refractivity contribution >= 4 is 45.5 Å². The van der Waals surface area contributed by atoms with Crippen molar-refractivity contribution in [3.8, 4) is 0 Å². The van der Waals surface area contributed by atoms with Crippen LogP contribution in [-0.2, 0) is 13.2 Å². The molecule has 1 saturated carbocycles. The van der Waals surface area contributed by atoms with Crippen molar-refractivity contribution in [1.29, 1.82) is 0 Å². The molecule has 1 aromatic carbocycles. The second kappa shape index (κ2) is 9.22. The fourth-order valence-electron chi connectivity index (χ4n) is 5.33. The summed E-state index contributed by atoms with van der Waals surface area (Å²) in [5.41, 5.74) is 1.45. The molecule has 2 atom stereocenters. The Morgan fingerprint density at radius 2 is 1.92 bits per heavy atom. The van der Waals surface area contributed by atoms with Gasteiger partial charge in [-0.25, -0.2) is 9.37 Å². The van der Waals surface area contributed by atoms with Crippen molar-refractivity contribution in [2.45, 2.75) is 24.9 Å². The van der Waals surface area contributed by atoms with E-state index in [-0.39, 0.29) is 28.7 Å². The van der Waals surface area contributed by atoms with Crippen LogP contribution in [0, 0.1) is 17.7 Å². The Balaban J connectivity index is 1.33.